The first kappa shape index (κ1) is 38.8. The van der Waals surface area contributed by atoms with E-state index in [9.17, 15) is 9.59 Å². The van der Waals surface area contributed by atoms with Gasteiger partial charge in [-0.25, -0.2) is 0 Å². The molecule has 0 spiro atoms. The van der Waals surface area contributed by atoms with Crippen molar-refractivity contribution in [2.75, 3.05) is 75.6 Å². The van der Waals surface area contributed by atoms with E-state index in [2.05, 4.69) is 52.2 Å². The number of ether oxygens (including phenoxy) is 1. The lowest BCUT2D eigenvalue weighted by atomic mass is 10.4. The van der Waals surface area contributed by atoms with Gasteiger partial charge in [-0.15, -0.1) is 0 Å². The number of hydrogen-bond donors (Lipinski definition) is 2. The number of nitrogens with one attached hydrogen (secondary N) is 2. The molecule has 0 aliphatic rings. The Labute approximate surface area is 245 Å². The molecule has 0 saturated carbocycles. The van der Waals surface area contributed by atoms with E-state index in [0.29, 0.717) is 26.3 Å². The topological polar surface area (TPSA) is 67.4 Å². The molecule has 5 nitrogen and oxygen atoms in total. The standard InChI is InChI=1S/C32H66N2O3P2/c1-7-13-23-38(24-14-8-2,25-15-9-3)29-31(35)33-19-21-37-22-20-34-32(36)30-39(26-16-10-4,27-17-11-5)28-18-12-6/h7-30H2,1-6H3/p+2. The van der Waals surface area contributed by atoms with Crippen molar-refractivity contribution >= 4 is 26.3 Å². The molecule has 0 aromatic carbocycles. The highest BCUT2D eigenvalue weighted by atomic mass is 31.2. The van der Waals surface area contributed by atoms with Gasteiger partial charge in [0.2, 0.25) is 0 Å². The quantitative estimate of drug-likeness (QED) is 0.0715. The molecule has 0 rings (SSSR count). The maximum atomic E-state index is 12.9. The van der Waals surface area contributed by atoms with Crippen LogP contribution in [0.2, 0.25) is 0 Å². The van der Waals surface area contributed by atoms with Gasteiger partial charge >= 0.3 is 0 Å². The summed E-state index contributed by atoms with van der Waals surface area (Å²) in [5, 5.41) is 6.28. The predicted molar refractivity (Wildman–Crippen MR) is 179 cm³/mol. The molecule has 0 unspecified atom stereocenters. The van der Waals surface area contributed by atoms with Crippen molar-refractivity contribution in [2.24, 2.45) is 0 Å². The fourth-order valence-electron chi connectivity index (χ4n) is 5.45. The van der Waals surface area contributed by atoms with Gasteiger partial charge in [-0.1, -0.05) is 80.1 Å². The highest BCUT2D eigenvalue weighted by molar-refractivity contribution is 7.77. The summed E-state index contributed by atoms with van der Waals surface area (Å²) in [6.07, 6.45) is 23.9. The van der Waals surface area contributed by atoms with E-state index < -0.39 is 14.5 Å². The van der Waals surface area contributed by atoms with Crippen LogP contribution in [0.4, 0.5) is 0 Å². The predicted octanol–water partition coefficient (Wildman–Crippen LogP) is 8.07. The minimum absolute atomic E-state index is 0.218. The second-order valence-corrected chi connectivity index (χ2v) is 20.5. The van der Waals surface area contributed by atoms with E-state index in [4.69, 9.17) is 4.74 Å². The van der Waals surface area contributed by atoms with Gasteiger partial charge in [0.25, 0.3) is 11.8 Å². The van der Waals surface area contributed by atoms with Crippen molar-refractivity contribution in [2.45, 2.75) is 119 Å². The van der Waals surface area contributed by atoms with E-state index >= 15 is 0 Å². The molecule has 0 bridgehead atoms. The lowest BCUT2D eigenvalue weighted by molar-refractivity contribution is -0.119. The van der Waals surface area contributed by atoms with Gasteiger partial charge in [0.15, 0.2) is 0 Å². The van der Waals surface area contributed by atoms with E-state index in [1.165, 1.54) is 114 Å². The summed E-state index contributed by atoms with van der Waals surface area (Å²) in [7, 11) is -2.43. The Hall–Kier alpha value is -0.240. The summed E-state index contributed by atoms with van der Waals surface area (Å²) in [5.74, 6) is 0.435. The number of carbonyl (C=O) groups excluding carboxylic acids is 2. The lowest BCUT2D eigenvalue weighted by Crippen LogP contribution is -2.34. The van der Waals surface area contributed by atoms with E-state index in [1.54, 1.807) is 0 Å². The van der Waals surface area contributed by atoms with Crippen LogP contribution in [0.1, 0.15) is 119 Å². The zero-order valence-electron chi connectivity index (χ0n) is 27.1. The molecule has 0 aromatic heterocycles. The second kappa shape index (κ2) is 25.5. The minimum Gasteiger partial charge on any atom is -0.378 e. The fraction of sp³-hybridized carbons (Fsp3) is 0.938. The number of carbonyl (C=O) groups is 2. The van der Waals surface area contributed by atoms with Crippen LogP contribution in [0, 0.1) is 0 Å². The number of unbranched alkanes of at least 4 members (excludes halogenated alkanes) is 6. The van der Waals surface area contributed by atoms with Gasteiger partial charge < -0.3 is 15.4 Å². The molecule has 0 radical (unpaired) electrons. The molecule has 0 fully saturated rings. The molecule has 2 amide bonds. The molecule has 7 heteroatoms. The molecular weight excluding hydrogens is 522 g/mol. The zero-order chi connectivity index (χ0) is 29.2. The number of hydrogen-bond acceptors (Lipinski definition) is 3. The summed E-state index contributed by atoms with van der Waals surface area (Å²) in [6.45, 7) is 15.7. The summed E-state index contributed by atoms with van der Waals surface area (Å²) in [6, 6.07) is 0. The van der Waals surface area contributed by atoms with Crippen LogP contribution >= 0.6 is 14.5 Å². The van der Waals surface area contributed by atoms with E-state index in [1.807, 2.05) is 0 Å². The van der Waals surface area contributed by atoms with E-state index in [-0.39, 0.29) is 11.8 Å². The molecule has 232 valence electrons. The Morgan fingerprint density at radius 1 is 0.487 bits per heavy atom. The Morgan fingerprint density at radius 3 is 0.974 bits per heavy atom. The van der Waals surface area contributed by atoms with Crippen molar-refractivity contribution in [3.63, 3.8) is 0 Å². The van der Waals surface area contributed by atoms with Crippen LogP contribution < -0.4 is 10.6 Å². The first-order chi connectivity index (χ1) is 18.9. The van der Waals surface area contributed by atoms with Crippen LogP contribution in [-0.4, -0.2) is 87.4 Å². The fourth-order valence-corrected chi connectivity index (χ4v) is 15.1. The largest absolute Gasteiger partial charge is 0.378 e. The molecule has 39 heavy (non-hydrogen) atoms. The second-order valence-electron chi connectivity index (χ2n) is 11.8. The van der Waals surface area contributed by atoms with E-state index in [0.717, 1.165) is 12.3 Å². The Bertz CT molecular complexity index is 510. The zero-order valence-corrected chi connectivity index (χ0v) is 28.9. The SMILES string of the molecule is CCCC[P+](CCCC)(CCCC)CC(=O)NCCOCCNC(=O)C[P+](CCCC)(CCCC)CCCC. The van der Waals surface area contributed by atoms with Crippen LogP contribution in [0.5, 0.6) is 0 Å². The molecule has 0 aromatic rings. The third kappa shape index (κ3) is 19.5. The average Bonchev–Trinajstić information content (AvgIpc) is 2.93. The van der Waals surface area contributed by atoms with Crippen molar-refractivity contribution < 1.29 is 14.3 Å². The Balaban J connectivity index is 4.54. The van der Waals surface area contributed by atoms with Gasteiger partial charge in [0.1, 0.15) is 12.3 Å². The van der Waals surface area contributed by atoms with Gasteiger partial charge in [-0.2, -0.15) is 0 Å². The third-order valence-corrected chi connectivity index (χ3v) is 17.5. The van der Waals surface area contributed by atoms with Crippen LogP contribution in [0.25, 0.3) is 0 Å². The summed E-state index contributed by atoms with van der Waals surface area (Å²) in [4.78, 5) is 25.8. The van der Waals surface area contributed by atoms with Gasteiger partial charge in [-0.05, 0) is 38.5 Å². The van der Waals surface area contributed by atoms with Crippen molar-refractivity contribution in [3.05, 3.63) is 0 Å². The smallest absolute Gasteiger partial charge is 0.257 e. The van der Waals surface area contributed by atoms with Gasteiger partial charge in [-0.3, -0.25) is 9.59 Å². The maximum Gasteiger partial charge on any atom is 0.257 e. The molecule has 0 heterocycles. The normalized spacial score (nSPS) is 12.1. The first-order valence-electron chi connectivity index (χ1n) is 16.7. The van der Waals surface area contributed by atoms with Crippen molar-refractivity contribution in [1.29, 1.82) is 0 Å². The average molecular weight is 591 g/mol. The minimum atomic E-state index is -1.22. The number of amides is 2. The van der Waals surface area contributed by atoms with Gasteiger partial charge in [0, 0.05) is 27.6 Å². The Morgan fingerprint density at radius 2 is 0.744 bits per heavy atom. The number of rotatable bonds is 28. The maximum absolute atomic E-state index is 12.9. The molecule has 0 aliphatic carbocycles. The molecule has 2 N–H and O–H groups in total. The van der Waals surface area contributed by atoms with Gasteiger partial charge in [0.05, 0.1) is 50.2 Å². The first-order valence-corrected chi connectivity index (χ1v) is 21.7. The molecular formula is C32H68N2O3P2+2. The van der Waals surface area contributed by atoms with Crippen molar-refractivity contribution in [1.82, 2.24) is 10.6 Å². The third-order valence-electron chi connectivity index (χ3n) is 8.01. The Kier molecular flexibility index (Phi) is 25.3. The summed E-state index contributed by atoms with van der Waals surface area (Å²) >= 11 is 0. The molecule has 0 saturated heterocycles. The van der Waals surface area contributed by atoms with Crippen LogP contribution in [0.15, 0.2) is 0 Å². The highest BCUT2D eigenvalue weighted by Crippen LogP contribution is 2.61. The lowest BCUT2D eigenvalue weighted by Gasteiger charge is -2.27. The van der Waals surface area contributed by atoms with Crippen LogP contribution in [-0.2, 0) is 14.3 Å². The van der Waals surface area contributed by atoms with Crippen molar-refractivity contribution in [3.8, 4) is 0 Å². The molecule has 0 aliphatic heterocycles. The summed E-state index contributed by atoms with van der Waals surface area (Å²) < 4.78 is 5.77. The van der Waals surface area contributed by atoms with Crippen LogP contribution in [0.3, 0.4) is 0 Å². The molecule has 0 atom stereocenters. The monoisotopic (exact) mass is 590 g/mol. The summed E-state index contributed by atoms with van der Waals surface area (Å²) in [5.41, 5.74) is 0. The highest BCUT2D eigenvalue weighted by Gasteiger charge is 2.39.